The highest BCUT2D eigenvalue weighted by atomic mass is 32.2. The molecule has 12 heteroatoms. The number of carbonyl (C=O) groups is 2. The average Bonchev–Trinajstić information content (AvgIpc) is 2.84. The van der Waals surface area contributed by atoms with Crippen LogP contribution in [0.5, 0.6) is 5.75 Å². The van der Waals surface area contributed by atoms with Crippen molar-refractivity contribution >= 4 is 27.6 Å². The summed E-state index contributed by atoms with van der Waals surface area (Å²) in [7, 11) is -1.86. The van der Waals surface area contributed by atoms with E-state index in [2.05, 4.69) is 10.0 Å². The molecule has 1 aliphatic heterocycles. The molecule has 1 heterocycles. The van der Waals surface area contributed by atoms with Crippen LogP contribution >= 0.6 is 0 Å². The Hall–Kier alpha value is -2.57. The SMILES string of the molecule is CC(C)NC(=O)N(C)C[C@H]1OCCCC[C@@H](C)Oc2ccc(NS(C)(=O)=O)cc2C(=O)N([C@H](C)CO)C[C@@H]1C. The lowest BCUT2D eigenvalue weighted by molar-refractivity contribution is -0.0122. The topological polar surface area (TPSA) is 138 Å². The molecule has 0 spiro atoms. The summed E-state index contributed by atoms with van der Waals surface area (Å²) >= 11 is 0. The van der Waals surface area contributed by atoms with E-state index in [-0.39, 0.29) is 54.6 Å². The van der Waals surface area contributed by atoms with Crippen molar-refractivity contribution in [2.75, 3.05) is 44.3 Å². The summed E-state index contributed by atoms with van der Waals surface area (Å²) < 4.78 is 38.5. The fraction of sp³-hybridized carbons (Fsp3) is 0.704. The molecule has 0 radical (unpaired) electrons. The number of nitrogens with one attached hydrogen (secondary N) is 2. The molecule has 3 N–H and O–H groups in total. The molecule has 0 saturated heterocycles. The van der Waals surface area contributed by atoms with Crippen molar-refractivity contribution < 1.29 is 32.6 Å². The zero-order chi connectivity index (χ0) is 29.3. The first-order valence-corrected chi connectivity index (χ1v) is 15.4. The molecule has 1 aliphatic rings. The number of urea groups is 1. The quantitative estimate of drug-likeness (QED) is 0.458. The van der Waals surface area contributed by atoms with E-state index in [0.29, 0.717) is 18.9 Å². The molecule has 222 valence electrons. The summed E-state index contributed by atoms with van der Waals surface area (Å²) in [6.07, 6.45) is 2.87. The van der Waals surface area contributed by atoms with Gasteiger partial charge in [-0.25, -0.2) is 13.2 Å². The number of aliphatic hydroxyl groups excluding tert-OH is 1. The zero-order valence-electron chi connectivity index (χ0n) is 24.3. The third kappa shape index (κ3) is 10.5. The lowest BCUT2D eigenvalue weighted by atomic mass is 10.0. The fourth-order valence-corrected chi connectivity index (χ4v) is 4.93. The molecule has 1 aromatic rings. The van der Waals surface area contributed by atoms with Gasteiger partial charge in [0.05, 0.1) is 36.7 Å². The van der Waals surface area contributed by atoms with E-state index in [9.17, 15) is 23.1 Å². The van der Waals surface area contributed by atoms with Crippen LogP contribution in [0, 0.1) is 5.92 Å². The van der Waals surface area contributed by atoms with E-state index in [1.165, 1.54) is 6.07 Å². The van der Waals surface area contributed by atoms with Gasteiger partial charge in [0.15, 0.2) is 0 Å². The minimum Gasteiger partial charge on any atom is -0.490 e. The predicted molar refractivity (Wildman–Crippen MR) is 152 cm³/mol. The molecule has 1 aromatic carbocycles. The van der Waals surface area contributed by atoms with Gasteiger partial charge in [-0.3, -0.25) is 9.52 Å². The van der Waals surface area contributed by atoms with E-state index in [1.807, 2.05) is 27.7 Å². The van der Waals surface area contributed by atoms with Gasteiger partial charge in [-0.2, -0.15) is 0 Å². The van der Waals surface area contributed by atoms with Gasteiger partial charge in [-0.1, -0.05) is 6.92 Å². The summed E-state index contributed by atoms with van der Waals surface area (Å²) in [4.78, 5) is 29.7. The molecule has 4 atom stereocenters. The van der Waals surface area contributed by atoms with Crippen molar-refractivity contribution in [1.29, 1.82) is 0 Å². The van der Waals surface area contributed by atoms with Gasteiger partial charge >= 0.3 is 6.03 Å². The first kappa shape index (κ1) is 32.6. The highest BCUT2D eigenvalue weighted by Crippen LogP contribution is 2.28. The van der Waals surface area contributed by atoms with Crippen molar-refractivity contribution in [3.8, 4) is 5.75 Å². The van der Waals surface area contributed by atoms with Crippen LogP contribution in [0.15, 0.2) is 18.2 Å². The molecule has 11 nitrogen and oxygen atoms in total. The molecule has 39 heavy (non-hydrogen) atoms. The van der Waals surface area contributed by atoms with Crippen LogP contribution in [0.2, 0.25) is 0 Å². The molecule has 0 unspecified atom stereocenters. The van der Waals surface area contributed by atoms with Crippen LogP contribution in [0.4, 0.5) is 10.5 Å². The largest absolute Gasteiger partial charge is 0.490 e. The number of anilines is 1. The van der Waals surface area contributed by atoms with Gasteiger partial charge in [0.2, 0.25) is 10.0 Å². The smallest absolute Gasteiger partial charge is 0.317 e. The second-order valence-electron chi connectivity index (χ2n) is 10.9. The molecule has 2 rings (SSSR count). The van der Waals surface area contributed by atoms with Gasteiger partial charge in [0.1, 0.15) is 5.75 Å². The van der Waals surface area contributed by atoms with Crippen molar-refractivity contribution in [2.45, 2.75) is 78.2 Å². The maximum absolute atomic E-state index is 14.0. The van der Waals surface area contributed by atoms with Crippen LogP contribution in [0.25, 0.3) is 0 Å². The Morgan fingerprint density at radius 3 is 2.54 bits per heavy atom. The Kier molecular flexibility index (Phi) is 12.3. The number of fused-ring (bicyclic) bond motifs is 1. The van der Waals surface area contributed by atoms with Crippen LogP contribution in [0.3, 0.4) is 0 Å². The number of rotatable bonds is 7. The number of benzene rings is 1. The van der Waals surface area contributed by atoms with Crippen LogP contribution in [-0.2, 0) is 14.8 Å². The Labute approximate surface area is 233 Å². The molecule has 0 aromatic heterocycles. The second kappa shape index (κ2) is 14.7. The highest BCUT2D eigenvalue weighted by molar-refractivity contribution is 7.92. The molecule has 0 aliphatic carbocycles. The fourth-order valence-electron chi connectivity index (χ4n) is 4.37. The lowest BCUT2D eigenvalue weighted by Gasteiger charge is -2.36. The standard InChI is InChI=1S/C27H46N4O7S/c1-18(2)28-27(34)30(6)16-25-19(3)15-31(20(4)17-32)26(33)23-14-22(29-39(7,35)36)11-12-24(23)38-21(5)10-8-9-13-37-25/h11-12,14,18-21,25,29,32H,8-10,13,15-17H2,1-7H3,(H,28,34)/t19-,20+,21+,25+/m0/s1. The Morgan fingerprint density at radius 2 is 1.92 bits per heavy atom. The zero-order valence-corrected chi connectivity index (χ0v) is 25.1. The number of carbonyl (C=O) groups excluding carboxylic acids is 2. The molecule has 3 amide bonds. The number of amides is 3. The van der Waals surface area contributed by atoms with E-state index in [1.54, 1.807) is 35.9 Å². The van der Waals surface area contributed by atoms with E-state index in [4.69, 9.17) is 9.47 Å². The summed E-state index contributed by atoms with van der Waals surface area (Å²) in [5, 5.41) is 12.9. The third-order valence-corrected chi connectivity index (χ3v) is 7.17. The molecular formula is C27H46N4O7S. The Bertz CT molecular complexity index is 1070. The summed E-state index contributed by atoms with van der Waals surface area (Å²) in [5.74, 6) is -0.241. The Morgan fingerprint density at radius 1 is 1.23 bits per heavy atom. The van der Waals surface area contributed by atoms with E-state index in [0.717, 1.165) is 25.5 Å². The number of hydrogen-bond acceptors (Lipinski definition) is 7. The average molecular weight is 571 g/mol. The number of aliphatic hydroxyl groups is 1. The monoisotopic (exact) mass is 570 g/mol. The van der Waals surface area contributed by atoms with E-state index >= 15 is 0 Å². The van der Waals surface area contributed by atoms with Gasteiger partial charge < -0.3 is 29.7 Å². The van der Waals surface area contributed by atoms with Crippen LogP contribution < -0.4 is 14.8 Å². The van der Waals surface area contributed by atoms with Gasteiger partial charge in [-0.15, -0.1) is 0 Å². The minimum atomic E-state index is -3.57. The maximum atomic E-state index is 14.0. The first-order chi connectivity index (χ1) is 18.2. The Balaban J connectivity index is 2.46. The molecule has 0 saturated carbocycles. The van der Waals surface area contributed by atoms with Crippen LogP contribution in [0.1, 0.15) is 64.2 Å². The summed E-state index contributed by atoms with van der Waals surface area (Å²) in [6, 6.07) is 3.88. The number of hydrogen-bond donors (Lipinski definition) is 3. The van der Waals surface area contributed by atoms with Gasteiger partial charge in [0.25, 0.3) is 5.91 Å². The maximum Gasteiger partial charge on any atom is 0.317 e. The first-order valence-electron chi connectivity index (χ1n) is 13.5. The predicted octanol–water partition coefficient (Wildman–Crippen LogP) is 2.90. The number of sulfonamides is 1. The molecular weight excluding hydrogens is 524 g/mol. The lowest BCUT2D eigenvalue weighted by Crippen LogP contribution is -2.49. The van der Waals surface area contributed by atoms with Crippen molar-refractivity contribution in [2.24, 2.45) is 5.92 Å². The normalized spacial score (nSPS) is 22.3. The summed E-state index contributed by atoms with van der Waals surface area (Å²) in [6.45, 7) is 10.2. The van der Waals surface area contributed by atoms with Crippen molar-refractivity contribution in [3.05, 3.63) is 23.8 Å². The number of nitrogens with zero attached hydrogens (tertiary/aromatic N) is 2. The van der Waals surface area contributed by atoms with E-state index < -0.39 is 22.0 Å². The van der Waals surface area contributed by atoms with Crippen molar-refractivity contribution in [3.63, 3.8) is 0 Å². The summed E-state index contributed by atoms with van der Waals surface area (Å²) in [5.41, 5.74) is 0.441. The third-order valence-electron chi connectivity index (χ3n) is 6.57. The molecule has 0 fully saturated rings. The highest BCUT2D eigenvalue weighted by Gasteiger charge is 2.31. The van der Waals surface area contributed by atoms with Crippen molar-refractivity contribution in [1.82, 2.24) is 15.1 Å². The molecule has 0 bridgehead atoms. The minimum absolute atomic E-state index is 0.00726. The second-order valence-corrected chi connectivity index (χ2v) is 12.6. The van der Waals surface area contributed by atoms with Gasteiger partial charge in [0, 0.05) is 44.4 Å². The van der Waals surface area contributed by atoms with Gasteiger partial charge in [-0.05, 0) is 65.2 Å². The number of likely N-dealkylation sites (N-methyl/N-ethyl adjacent to an activating group) is 1. The number of ether oxygens (including phenoxy) is 2. The van der Waals surface area contributed by atoms with Crippen LogP contribution in [-0.4, -0.2) is 99.2 Å².